The summed E-state index contributed by atoms with van der Waals surface area (Å²) in [5.74, 6) is 1.73. The van der Waals surface area contributed by atoms with Gasteiger partial charge >= 0.3 is 0 Å². The molecule has 0 amide bonds. The van der Waals surface area contributed by atoms with Crippen molar-refractivity contribution in [1.29, 1.82) is 0 Å². The SMILES string of the molecule is CCNc1cc(N(C)Cc2cccc(C)n2)ncn1. The van der Waals surface area contributed by atoms with Crippen LogP contribution in [0.4, 0.5) is 11.6 Å². The van der Waals surface area contributed by atoms with E-state index in [0.717, 1.165) is 36.1 Å². The molecule has 100 valence electrons. The summed E-state index contributed by atoms with van der Waals surface area (Å²) in [5, 5.41) is 3.18. The number of nitrogens with zero attached hydrogens (tertiary/aromatic N) is 4. The largest absolute Gasteiger partial charge is 0.370 e. The molecule has 0 atom stereocenters. The van der Waals surface area contributed by atoms with Gasteiger partial charge in [-0.05, 0) is 26.0 Å². The Morgan fingerprint density at radius 2 is 2.11 bits per heavy atom. The fraction of sp³-hybridized carbons (Fsp3) is 0.357. The highest BCUT2D eigenvalue weighted by Gasteiger charge is 2.06. The normalized spacial score (nSPS) is 10.3. The molecule has 0 bridgehead atoms. The van der Waals surface area contributed by atoms with E-state index >= 15 is 0 Å². The number of aryl methyl sites for hydroxylation is 1. The lowest BCUT2D eigenvalue weighted by Crippen LogP contribution is -2.19. The monoisotopic (exact) mass is 257 g/mol. The van der Waals surface area contributed by atoms with Gasteiger partial charge in [-0.1, -0.05) is 6.07 Å². The van der Waals surface area contributed by atoms with E-state index < -0.39 is 0 Å². The molecule has 0 aliphatic rings. The number of hydrogen-bond donors (Lipinski definition) is 1. The number of nitrogens with one attached hydrogen (secondary N) is 1. The van der Waals surface area contributed by atoms with Crippen molar-refractivity contribution in [2.75, 3.05) is 23.8 Å². The lowest BCUT2D eigenvalue weighted by atomic mass is 10.3. The molecule has 0 saturated carbocycles. The van der Waals surface area contributed by atoms with Crippen molar-refractivity contribution in [2.45, 2.75) is 20.4 Å². The van der Waals surface area contributed by atoms with Gasteiger partial charge < -0.3 is 10.2 Å². The van der Waals surface area contributed by atoms with E-state index in [-0.39, 0.29) is 0 Å². The third-order valence-electron chi connectivity index (χ3n) is 2.75. The van der Waals surface area contributed by atoms with E-state index in [1.807, 2.05) is 45.2 Å². The second kappa shape index (κ2) is 6.13. The van der Waals surface area contributed by atoms with Gasteiger partial charge in [-0.2, -0.15) is 0 Å². The highest BCUT2D eigenvalue weighted by atomic mass is 15.2. The van der Waals surface area contributed by atoms with Crippen LogP contribution in [0.3, 0.4) is 0 Å². The molecule has 5 nitrogen and oxygen atoms in total. The van der Waals surface area contributed by atoms with Crippen LogP contribution in [-0.2, 0) is 6.54 Å². The smallest absolute Gasteiger partial charge is 0.134 e. The number of hydrogen-bond acceptors (Lipinski definition) is 5. The molecular formula is C14H19N5. The third kappa shape index (κ3) is 3.64. The number of anilines is 2. The summed E-state index contributed by atoms with van der Waals surface area (Å²) >= 11 is 0. The first kappa shape index (κ1) is 13.3. The summed E-state index contributed by atoms with van der Waals surface area (Å²) in [6.45, 7) is 5.61. The molecule has 2 aromatic heterocycles. The maximum absolute atomic E-state index is 4.50. The molecule has 0 aromatic carbocycles. The molecule has 5 heteroatoms. The Bertz CT molecular complexity index is 541. The topological polar surface area (TPSA) is 53.9 Å². The first-order valence-corrected chi connectivity index (χ1v) is 6.38. The van der Waals surface area contributed by atoms with E-state index in [4.69, 9.17) is 0 Å². The molecule has 0 aliphatic heterocycles. The van der Waals surface area contributed by atoms with Gasteiger partial charge in [0.05, 0.1) is 12.2 Å². The fourth-order valence-corrected chi connectivity index (χ4v) is 1.85. The van der Waals surface area contributed by atoms with E-state index in [2.05, 4.69) is 25.2 Å². The van der Waals surface area contributed by atoms with Crippen LogP contribution in [0.5, 0.6) is 0 Å². The van der Waals surface area contributed by atoms with Crippen LogP contribution >= 0.6 is 0 Å². The molecule has 2 heterocycles. The Labute approximate surface area is 113 Å². The number of pyridine rings is 1. The van der Waals surface area contributed by atoms with Gasteiger partial charge in [0.15, 0.2) is 0 Å². The van der Waals surface area contributed by atoms with Crippen molar-refractivity contribution in [3.63, 3.8) is 0 Å². The Hall–Kier alpha value is -2.17. The van der Waals surface area contributed by atoms with Crippen molar-refractivity contribution < 1.29 is 0 Å². The van der Waals surface area contributed by atoms with E-state index in [1.54, 1.807) is 6.33 Å². The summed E-state index contributed by atoms with van der Waals surface area (Å²) in [4.78, 5) is 15.0. The van der Waals surface area contributed by atoms with Gasteiger partial charge in [0, 0.05) is 25.4 Å². The average molecular weight is 257 g/mol. The van der Waals surface area contributed by atoms with Crippen molar-refractivity contribution in [3.05, 3.63) is 42.0 Å². The lowest BCUT2D eigenvalue weighted by molar-refractivity contribution is 0.854. The van der Waals surface area contributed by atoms with Crippen molar-refractivity contribution in [3.8, 4) is 0 Å². The number of aromatic nitrogens is 3. The average Bonchev–Trinajstić information content (AvgIpc) is 2.39. The van der Waals surface area contributed by atoms with Crippen LogP contribution in [0.2, 0.25) is 0 Å². The standard InChI is InChI=1S/C14H19N5/c1-4-15-13-8-14(17-10-16-13)19(3)9-12-7-5-6-11(2)18-12/h5-8,10H,4,9H2,1-3H3,(H,15,16,17). The van der Waals surface area contributed by atoms with Crippen molar-refractivity contribution >= 4 is 11.6 Å². The summed E-state index contributed by atoms with van der Waals surface area (Å²) in [6, 6.07) is 7.99. The van der Waals surface area contributed by atoms with Crippen LogP contribution in [0.1, 0.15) is 18.3 Å². The quantitative estimate of drug-likeness (QED) is 0.890. The Morgan fingerprint density at radius 1 is 1.26 bits per heavy atom. The second-order valence-electron chi connectivity index (χ2n) is 4.42. The zero-order valence-corrected chi connectivity index (χ0v) is 11.6. The third-order valence-corrected chi connectivity index (χ3v) is 2.75. The van der Waals surface area contributed by atoms with Crippen molar-refractivity contribution in [1.82, 2.24) is 15.0 Å². The minimum atomic E-state index is 0.726. The van der Waals surface area contributed by atoms with Gasteiger partial charge in [0.25, 0.3) is 0 Å². The summed E-state index contributed by atoms with van der Waals surface area (Å²) in [5.41, 5.74) is 2.06. The zero-order valence-electron chi connectivity index (χ0n) is 11.6. The maximum Gasteiger partial charge on any atom is 0.134 e. The molecule has 0 aliphatic carbocycles. The summed E-state index contributed by atoms with van der Waals surface area (Å²) in [6.07, 6.45) is 1.58. The maximum atomic E-state index is 4.50. The Kier molecular flexibility index (Phi) is 4.28. The molecule has 0 spiro atoms. The predicted octanol–water partition coefficient (Wildman–Crippen LogP) is 2.25. The molecule has 0 fully saturated rings. The van der Waals surface area contributed by atoms with E-state index in [0.29, 0.717) is 0 Å². The fourth-order valence-electron chi connectivity index (χ4n) is 1.85. The second-order valence-corrected chi connectivity index (χ2v) is 4.42. The number of rotatable bonds is 5. The van der Waals surface area contributed by atoms with Crippen LogP contribution in [0.25, 0.3) is 0 Å². The molecule has 0 unspecified atom stereocenters. The molecule has 19 heavy (non-hydrogen) atoms. The highest BCUT2D eigenvalue weighted by molar-refractivity contribution is 5.47. The molecular weight excluding hydrogens is 238 g/mol. The van der Waals surface area contributed by atoms with E-state index in [9.17, 15) is 0 Å². The first-order chi connectivity index (χ1) is 9.19. The molecule has 0 saturated heterocycles. The minimum absolute atomic E-state index is 0.726. The van der Waals surface area contributed by atoms with Gasteiger partial charge in [-0.25, -0.2) is 9.97 Å². The van der Waals surface area contributed by atoms with Crippen LogP contribution in [-0.4, -0.2) is 28.5 Å². The van der Waals surface area contributed by atoms with Gasteiger partial charge in [0.2, 0.25) is 0 Å². The van der Waals surface area contributed by atoms with Gasteiger partial charge in [-0.15, -0.1) is 0 Å². The molecule has 0 radical (unpaired) electrons. The molecule has 2 rings (SSSR count). The first-order valence-electron chi connectivity index (χ1n) is 6.38. The van der Waals surface area contributed by atoms with Crippen LogP contribution < -0.4 is 10.2 Å². The highest BCUT2D eigenvalue weighted by Crippen LogP contribution is 2.14. The lowest BCUT2D eigenvalue weighted by Gasteiger charge is -2.18. The van der Waals surface area contributed by atoms with Crippen molar-refractivity contribution in [2.24, 2.45) is 0 Å². The summed E-state index contributed by atoms with van der Waals surface area (Å²) < 4.78 is 0. The molecule has 1 N–H and O–H groups in total. The Morgan fingerprint density at radius 3 is 2.84 bits per heavy atom. The van der Waals surface area contributed by atoms with Crippen LogP contribution in [0, 0.1) is 6.92 Å². The van der Waals surface area contributed by atoms with Crippen LogP contribution in [0.15, 0.2) is 30.6 Å². The van der Waals surface area contributed by atoms with Gasteiger partial charge in [0.1, 0.15) is 18.0 Å². The molecule has 2 aromatic rings. The Balaban J connectivity index is 2.11. The minimum Gasteiger partial charge on any atom is -0.370 e. The summed E-state index contributed by atoms with van der Waals surface area (Å²) in [7, 11) is 2.00. The predicted molar refractivity (Wildman–Crippen MR) is 77.3 cm³/mol. The zero-order chi connectivity index (χ0) is 13.7. The van der Waals surface area contributed by atoms with E-state index in [1.165, 1.54) is 0 Å². The van der Waals surface area contributed by atoms with Gasteiger partial charge in [-0.3, -0.25) is 4.98 Å².